The van der Waals surface area contributed by atoms with Crippen molar-refractivity contribution in [2.24, 2.45) is 0 Å². The SMILES string of the molecule is COc1ccc(C(C)=O)cc1CSc1nnc(-c2cccs2)n1C1CC1. The van der Waals surface area contributed by atoms with Crippen LogP contribution in [0.25, 0.3) is 10.7 Å². The number of hydrogen-bond acceptors (Lipinski definition) is 6. The van der Waals surface area contributed by atoms with Gasteiger partial charge in [0.15, 0.2) is 16.8 Å². The summed E-state index contributed by atoms with van der Waals surface area (Å²) in [5.74, 6) is 2.48. The number of methoxy groups -OCH3 is 1. The van der Waals surface area contributed by atoms with Crippen molar-refractivity contribution >= 4 is 28.9 Å². The predicted octanol–water partition coefficient (Wildman–Crippen LogP) is 4.85. The van der Waals surface area contributed by atoms with E-state index in [1.54, 1.807) is 43.2 Å². The van der Waals surface area contributed by atoms with Crippen LogP contribution >= 0.6 is 23.1 Å². The molecule has 1 fully saturated rings. The Morgan fingerprint density at radius 3 is 2.85 bits per heavy atom. The minimum Gasteiger partial charge on any atom is -0.496 e. The van der Waals surface area contributed by atoms with Crippen molar-refractivity contribution < 1.29 is 9.53 Å². The Hall–Kier alpha value is -2.12. The number of nitrogens with zero attached hydrogens (tertiary/aromatic N) is 3. The summed E-state index contributed by atoms with van der Waals surface area (Å²) in [5, 5.41) is 11.9. The van der Waals surface area contributed by atoms with E-state index in [0.29, 0.717) is 17.4 Å². The Labute approximate surface area is 160 Å². The molecular weight excluding hydrogens is 366 g/mol. The van der Waals surface area contributed by atoms with E-state index < -0.39 is 0 Å². The molecule has 3 aromatic rings. The summed E-state index contributed by atoms with van der Waals surface area (Å²) in [6.07, 6.45) is 2.35. The van der Waals surface area contributed by atoms with Crippen LogP contribution in [0.5, 0.6) is 5.75 Å². The summed E-state index contributed by atoms with van der Waals surface area (Å²) in [6.45, 7) is 1.58. The maximum atomic E-state index is 11.7. The van der Waals surface area contributed by atoms with Gasteiger partial charge >= 0.3 is 0 Å². The molecule has 26 heavy (non-hydrogen) atoms. The molecular formula is C19H19N3O2S2. The lowest BCUT2D eigenvalue weighted by Crippen LogP contribution is -2.00. The molecule has 4 rings (SSSR count). The molecule has 1 aliphatic rings. The molecule has 0 radical (unpaired) electrons. The molecule has 0 aliphatic heterocycles. The van der Waals surface area contributed by atoms with Gasteiger partial charge in [-0.3, -0.25) is 9.36 Å². The third-order valence-corrected chi connectivity index (χ3v) is 6.22. The van der Waals surface area contributed by atoms with Gasteiger partial charge in [0, 0.05) is 22.9 Å². The Bertz CT molecular complexity index is 930. The standard InChI is InChI=1S/C19H19N3O2S2/c1-12(23)13-5-8-16(24-2)14(10-13)11-26-19-21-20-18(17-4-3-9-25-17)22(19)15-6-7-15/h3-5,8-10,15H,6-7,11H2,1-2H3. The first-order valence-corrected chi connectivity index (χ1v) is 10.3. The molecule has 0 atom stereocenters. The Morgan fingerprint density at radius 1 is 1.35 bits per heavy atom. The highest BCUT2D eigenvalue weighted by atomic mass is 32.2. The number of aromatic nitrogens is 3. The number of carbonyl (C=O) groups excluding carboxylic acids is 1. The molecule has 2 heterocycles. The molecule has 0 bridgehead atoms. The van der Waals surface area contributed by atoms with E-state index in [-0.39, 0.29) is 5.78 Å². The lowest BCUT2D eigenvalue weighted by atomic mass is 10.1. The van der Waals surface area contributed by atoms with E-state index in [1.807, 2.05) is 18.2 Å². The summed E-state index contributed by atoms with van der Waals surface area (Å²) in [7, 11) is 1.65. The van der Waals surface area contributed by atoms with Crippen molar-refractivity contribution in [2.45, 2.75) is 36.7 Å². The third kappa shape index (κ3) is 3.41. The molecule has 0 unspecified atom stereocenters. The Balaban J connectivity index is 1.61. The van der Waals surface area contributed by atoms with Crippen molar-refractivity contribution in [3.8, 4) is 16.5 Å². The fourth-order valence-corrected chi connectivity index (χ4v) is 4.55. The molecule has 0 amide bonds. The van der Waals surface area contributed by atoms with Gasteiger partial charge in [-0.05, 0) is 49.4 Å². The van der Waals surface area contributed by atoms with Crippen molar-refractivity contribution in [1.29, 1.82) is 0 Å². The van der Waals surface area contributed by atoms with Crippen LogP contribution in [0.4, 0.5) is 0 Å². The zero-order valence-electron chi connectivity index (χ0n) is 14.6. The number of Topliss-reactive ketones (excluding diaryl/α,β-unsaturated/α-hetero) is 1. The first kappa shape index (κ1) is 17.3. The van der Waals surface area contributed by atoms with Crippen molar-refractivity contribution in [3.63, 3.8) is 0 Å². The average molecular weight is 386 g/mol. The molecule has 2 aromatic heterocycles. The van der Waals surface area contributed by atoms with Gasteiger partial charge < -0.3 is 4.74 Å². The van der Waals surface area contributed by atoms with Crippen LogP contribution in [0.15, 0.2) is 40.9 Å². The predicted molar refractivity (Wildman–Crippen MR) is 104 cm³/mol. The van der Waals surface area contributed by atoms with E-state index >= 15 is 0 Å². The van der Waals surface area contributed by atoms with E-state index in [4.69, 9.17) is 4.74 Å². The van der Waals surface area contributed by atoms with E-state index in [9.17, 15) is 4.79 Å². The number of ketones is 1. The molecule has 0 spiro atoms. The van der Waals surface area contributed by atoms with E-state index in [0.717, 1.165) is 27.2 Å². The summed E-state index contributed by atoms with van der Waals surface area (Å²) in [4.78, 5) is 12.8. The molecule has 1 aliphatic carbocycles. The number of ether oxygens (including phenoxy) is 1. The number of thiophene rings is 1. The fourth-order valence-electron chi connectivity index (χ4n) is 2.86. The quantitative estimate of drug-likeness (QED) is 0.430. The lowest BCUT2D eigenvalue weighted by molar-refractivity contribution is 0.101. The van der Waals surface area contributed by atoms with Crippen LogP contribution in [0.3, 0.4) is 0 Å². The number of thioether (sulfide) groups is 1. The second kappa shape index (κ2) is 7.25. The molecule has 1 aromatic carbocycles. The van der Waals surface area contributed by atoms with Crippen LogP contribution < -0.4 is 4.74 Å². The molecule has 134 valence electrons. The maximum Gasteiger partial charge on any atom is 0.192 e. The van der Waals surface area contributed by atoms with Crippen LogP contribution in [-0.4, -0.2) is 27.7 Å². The molecule has 5 nitrogen and oxygen atoms in total. The summed E-state index contributed by atoms with van der Waals surface area (Å²) < 4.78 is 7.72. The number of benzene rings is 1. The second-order valence-corrected chi connectivity index (χ2v) is 8.15. The summed E-state index contributed by atoms with van der Waals surface area (Å²) >= 11 is 3.32. The third-order valence-electron chi connectivity index (χ3n) is 4.36. The van der Waals surface area contributed by atoms with Gasteiger partial charge in [0.05, 0.1) is 12.0 Å². The van der Waals surface area contributed by atoms with Gasteiger partial charge in [0.2, 0.25) is 0 Å². The number of hydrogen-bond donors (Lipinski definition) is 0. The number of carbonyl (C=O) groups is 1. The Kier molecular flexibility index (Phi) is 4.82. The first-order chi connectivity index (χ1) is 12.7. The van der Waals surface area contributed by atoms with Crippen LogP contribution in [0.1, 0.15) is 41.7 Å². The molecule has 1 saturated carbocycles. The molecule has 0 saturated heterocycles. The smallest absolute Gasteiger partial charge is 0.192 e. The monoisotopic (exact) mass is 385 g/mol. The van der Waals surface area contributed by atoms with Gasteiger partial charge in [-0.25, -0.2) is 0 Å². The van der Waals surface area contributed by atoms with Crippen LogP contribution in [0.2, 0.25) is 0 Å². The van der Waals surface area contributed by atoms with Gasteiger partial charge in [-0.2, -0.15) is 0 Å². The first-order valence-electron chi connectivity index (χ1n) is 8.47. The highest BCUT2D eigenvalue weighted by molar-refractivity contribution is 7.98. The Morgan fingerprint density at radius 2 is 2.19 bits per heavy atom. The fraction of sp³-hybridized carbons (Fsp3) is 0.316. The van der Waals surface area contributed by atoms with Crippen LogP contribution in [0, 0.1) is 0 Å². The maximum absolute atomic E-state index is 11.7. The zero-order chi connectivity index (χ0) is 18.1. The normalized spacial score (nSPS) is 13.8. The zero-order valence-corrected chi connectivity index (χ0v) is 16.3. The summed E-state index contributed by atoms with van der Waals surface area (Å²) in [6, 6.07) is 10.2. The van der Waals surface area contributed by atoms with Gasteiger partial charge in [0.1, 0.15) is 5.75 Å². The largest absolute Gasteiger partial charge is 0.496 e. The van der Waals surface area contributed by atoms with Gasteiger partial charge in [-0.1, -0.05) is 17.8 Å². The van der Waals surface area contributed by atoms with Crippen molar-refractivity contribution in [3.05, 3.63) is 46.8 Å². The minimum absolute atomic E-state index is 0.0556. The summed E-state index contributed by atoms with van der Waals surface area (Å²) in [5.41, 5.74) is 1.69. The number of rotatable bonds is 7. The van der Waals surface area contributed by atoms with Gasteiger partial charge in [0.25, 0.3) is 0 Å². The van der Waals surface area contributed by atoms with Crippen LogP contribution in [-0.2, 0) is 5.75 Å². The van der Waals surface area contributed by atoms with Crippen molar-refractivity contribution in [2.75, 3.05) is 7.11 Å². The topological polar surface area (TPSA) is 57.0 Å². The second-order valence-electron chi connectivity index (χ2n) is 6.26. The minimum atomic E-state index is 0.0556. The highest BCUT2D eigenvalue weighted by Gasteiger charge is 2.30. The van der Waals surface area contributed by atoms with E-state index in [1.165, 1.54) is 12.8 Å². The molecule has 7 heteroatoms. The lowest BCUT2D eigenvalue weighted by Gasteiger charge is -2.11. The average Bonchev–Trinajstić information content (AvgIpc) is 3.17. The van der Waals surface area contributed by atoms with Gasteiger partial charge in [-0.15, -0.1) is 21.5 Å². The van der Waals surface area contributed by atoms with E-state index in [2.05, 4.69) is 26.2 Å². The highest BCUT2D eigenvalue weighted by Crippen LogP contribution is 2.42. The van der Waals surface area contributed by atoms with Crippen molar-refractivity contribution in [1.82, 2.24) is 14.8 Å². The molecule has 0 N–H and O–H groups in total.